The SMILES string of the molecule is C=C/C(=C(/N)C(=C)C(=O)O)[N+](=O)[O-].CC.CC. The molecule has 0 saturated heterocycles. The summed E-state index contributed by atoms with van der Waals surface area (Å²) >= 11 is 0. The highest BCUT2D eigenvalue weighted by molar-refractivity contribution is 5.90. The van der Waals surface area contributed by atoms with E-state index in [1.54, 1.807) is 0 Å². The molecule has 0 aromatic heterocycles. The summed E-state index contributed by atoms with van der Waals surface area (Å²) in [4.78, 5) is 19.8. The Hall–Kier alpha value is -2.11. The van der Waals surface area contributed by atoms with Crippen LogP contribution in [0.2, 0.25) is 0 Å². The molecular weight excluding hydrogens is 224 g/mol. The molecule has 0 aliphatic rings. The van der Waals surface area contributed by atoms with E-state index in [2.05, 4.69) is 13.2 Å². The Bertz CT molecular complexity index is 319. The van der Waals surface area contributed by atoms with Crippen molar-refractivity contribution in [2.45, 2.75) is 27.7 Å². The van der Waals surface area contributed by atoms with Gasteiger partial charge in [-0.25, -0.2) is 4.79 Å². The zero-order chi connectivity index (χ0) is 14.6. The van der Waals surface area contributed by atoms with E-state index >= 15 is 0 Å². The van der Waals surface area contributed by atoms with Crippen molar-refractivity contribution >= 4 is 5.97 Å². The first-order valence-electron chi connectivity index (χ1n) is 5.11. The van der Waals surface area contributed by atoms with Gasteiger partial charge in [0.15, 0.2) is 0 Å². The van der Waals surface area contributed by atoms with Crippen LogP contribution in [0.15, 0.2) is 36.2 Å². The molecule has 0 bridgehead atoms. The van der Waals surface area contributed by atoms with Gasteiger partial charge in [0.1, 0.15) is 5.70 Å². The lowest BCUT2D eigenvalue weighted by Crippen LogP contribution is -2.14. The minimum atomic E-state index is -1.40. The zero-order valence-corrected chi connectivity index (χ0v) is 10.7. The first-order valence-corrected chi connectivity index (χ1v) is 5.11. The molecule has 0 aliphatic carbocycles. The molecule has 6 heteroatoms. The highest BCUT2D eigenvalue weighted by Gasteiger charge is 2.18. The summed E-state index contributed by atoms with van der Waals surface area (Å²) < 4.78 is 0. The third-order valence-corrected chi connectivity index (χ3v) is 1.25. The van der Waals surface area contributed by atoms with Gasteiger partial charge in [0.2, 0.25) is 0 Å². The minimum absolute atomic E-state index is 0.493. The van der Waals surface area contributed by atoms with Crippen LogP contribution in [-0.4, -0.2) is 16.0 Å². The molecule has 0 fully saturated rings. The predicted molar refractivity (Wildman–Crippen MR) is 67.9 cm³/mol. The normalized spacial score (nSPS) is 9.41. The quantitative estimate of drug-likeness (QED) is 0.341. The van der Waals surface area contributed by atoms with Gasteiger partial charge >= 0.3 is 5.97 Å². The molecule has 0 radical (unpaired) electrons. The van der Waals surface area contributed by atoms with E-state index in [-0.39, 0.29) is 0 Å². The first-order chi connectivity index (χ1) is 7.91. The predicted octanol–water partition coefficient (Wildman–Crippen LogP) is 2.31. The number of carboxylic acid groups (broad SMARTS) is 1. The molecule has 6 nitrogen and oxygen atoms in total. The molecule has 98 valence electrons. The number of nitrogens with zero attached hydrogens (tertiary/aromatic N) is 1. The molecule has 0 rings (SSSR count). The summed E-state index contributed by atoms with van der Waals surface area (Å²) in [5.41, 5.74) is 3.58. The average Bonchev–Trinajstić information content (AvgIpc) is 2.33. The van der Waals surface area contributed by atoms with Crippen LogP contribution in [0.3, 0.4) is 0 Å². The van der Waals surface area contributed by atoms with E-state index in [1.807, 2.05) is 27.7 Å². The van der Waals surface area contributed by atoms with Crippen LogP contribution in [0, 0.1) is 10.1 Å². The van der Waals surface area contributed by atoms with E-state index in [0.29, 0.717) is 0 Å². The van der Waals surface area contributed by atoms with Crippen LogP contribution in [-0.2, 0) is 4.79 Å². The Kier molecular flexibility index (Phi) is 14.3. The van der Waals surface area contributed by atoms with E-state index in [1.165, 1.54) is 0 Å². The second kappa shape index (κ2) is 12.0. The molecule has 3 N–H and O–H groups in total. The number of carbonyl (C=O) groups is 1. The number of allylic oxidation sites excluding steroid dienone is 1. The molecule has 0 unspecified atom stereocenters. The summed E-state index contributed by atoms with van der Waals surface area (Å²) in [7, 11) is 0. The highest BCUT2D eigenvalue weighted by atomic mass is 16.6. The highest BCUT2D eigenvalue weighted by Crippen LogP contribution is 2.09. The van der Waals surface area contributed by atoms with Crippen molar-refractivity contribution in [1.29, 1.82) is 0 Å². The molecule has 0 spiro atoms. The average molecular weight is 244 g/mol. The fourth-order valence-electron chi connectivity index (χ4n) is 0.553. The lowest BCUT2D eigenvalue weighted by molar-refractivity contribution is -0.420. The van der Waals surface area contributed by atoms with Gasteiger partial charge < -0.3 is 10.8 Å². The minimum Gasteiger partial charge on any atom is -0.478 e. The maximum Gasteiger partial charge on any atom is 0.337 e. The monoisotopic (exact) mass is 244 g/mol. The summed E-state index contributed by atoms with van der Waals surface area (Å²) in [5.74, 6) is -1.40. The van der Waals surface area contributed by atoms with Crippen molar-refractivity contribution in [3.63, 3.8) is 0 Å². The Labute approximate surface area is 101 Å². The Morgan fingerprint density at radius 2 is 1.71 bits per heavy atom. The molecule has 17 heavy (non-hydrogen) atoms. The number of aliphatic carboxylic acids is 1. The number of rotatable bonds is 4. The van der Waals surface area contributed by atoms with Gasteiger partial charge in [-0.2, -0.15) is 0 Å². The Morgan fingerprint density at radius 3 is 1.88 bits per heavy atom. The molecular formula is C11H20N2O4. The van der Waals surface area contributed by atoms with E-state index < -0.39 is 27.9 Å². The largest absolute Gasteiger partial charge is 0.478 e. The lowest BCUT2D eigenvalue weighted by atomic mass is 10.2. The first kappa shape index (κ1) is 20.3. The van der Waals surface area contributed by atoms with Crippen LogP contribution in [0.4, 0.5) is 0 Å². The number of nitro groups is 1. The molecule has 0 atom stereocenters. The van der Waals surface area contributed by atoms with Crippen molar-refractivity contribution < 1.29 is 14.8 Å². The van der Waals surface area contributed by atoms with E-state index in [0.717, 1.165) is 6.08 Å². The fourth-order valence-corrected chi connectivity index (χ4v) is 0.553. The second-order valence-corrected chi connectivity index (χ2v) is 2.04. The Morgan fingerprint density at radius 1 is 1.35 bits per heavy atom. The molecule has 0 aromatic rings. The second-order valence-electron chi connectivity index (χ2n) is 2.04. The topological polar surface area (TPSA) is 106 Å². The van der Waals surface area contributed by atoms with Crippen molar-refractivity contribution in [1.82, 2.24) is 0 Å². The summed E-state index contributed by atoms with van der Waals surface area (Å²) in [6, 6.07) is 0. The van der Waals surface area contributed by atoms with Gasteiger partial charge in [0, 0.05) is 6.08 Å². The van der Waals surface area contributed by atoms with E-state index in [4.69, 9.17) is 10.8 Å². The third kappa shape index (κ3) is 7.78. The fraction of sp³-hybridized carbons (Fsp3) is 0.364. The summed E-state index contributed by atoms with van der Waals surface area (Å²) in [5, 5.41) is 18.7. The number of nitrogens with two attached hydrogens (primary N) is 1. The van der Waals surface area contributed by atoms with Gasteiger partial charge in [-0.15, -0.1) is 0 Å². The molecule has 0 aromatic carbocycles. The van der Waals surface area contributed by atoms with Gasteiger partial charge in [-0.3, -0.25) is 10.1 Å². The Balaban J connectivity index is -0.000000439. The number of hydrogen-bond acceptors (Lipinski definition) is 4. The van der Waals surface area contributed by atoms with Crippen LogP contribution in [0.25, 0.3) is 0 Å². The van der Waals surface area contributed by atoms with Gasteiger partial charge in [0.05, 0.1) is 10.5 Å². The van der Waals surface area contributed by atoms with Crippen LogP contribution in [0.5, 0.6) is 0 Å². The smallest absolute Gasteiger partial charge is 0.337 e. The van der Waals surface area contributed by atoms with Gasteiger partial charge in [0.25, 0.3) is 5.70 Å². The maximum absolute atomic E-state index is 10.3. The molecule has 0 heterocycles. The molecule has 0 saturated carbocycles. The number of carboxylic acids is 1. The third-order valence-electron chi connectivity index (χ3n) is 1.25. The van der Waals surface area contributed by atoms with Crippen molar-refractivity contribution in [3.8, 4) is 0 Å². The zero-order valence-electron chi connectivity index (χ0n) is 10.7. The van der Waals surface area contributed by atoms with Crippen LogP contribution >= 0.6 is 0 Å². The van der Waals surface area contributed by atoms with Gasteiger partial charge in [-0.05, 0) is 0 Å². The van der Waals surface area contributed by atoms with Gasteiger partial charge in [-0.1, -0.05) is 40.9 Å². The molecule has 0 amide bonds. The number of hydrogen-bond donors (Lipinski definition) is 2. The van der Waals surface area contributed by atoms with Crippen molar-refractivity contribution in [2.75, 3.05) is 0 Å². The van der Waals surface area contributed by atoms with Crippen LogP contribution in [0.1, 0.15) is 27.7 Å². The van der Waals surface area contributed by atoms with Crippen molar-refractivity contribution in [3.05, 3.63) is 46.3 Å². The maximum atomic E-state index is 10.3. The van der Waals surface area contributed by atoms with Crippen LogP contribution < -0.4 is 5.73 Å². The summed E-state index contributed by atoms with van der Waals surface area (Å²) in [6.07, 6.45) is 0.865. The lowest BCUT2D eigenvalue weighted by Gasteiger charge is -1.99. The van der Waals surface area contributed by atoms with E-state index in [9.17, 15) is 14.9 Å². The molecule has 0 aliphatic heterocycles. The van der Waals surface area contributed by atoms with Crippen molar-refractivity contribution in [2.24, 2.45) is 5.73 Å². The summed E-state index contributed by atoms with van der Waals surface area (Å²) in [6.45, 7) is 14.2. The standard InChI is InChI=1S/C7H8N2O4.2C2H6/c1-3-5(9(12)13)6(8)4(2)7(10)11;2*1-2/h3H,1-2,8H2,(H,10,11);2*1-2H3/b6-5-;;.